The Kier molecular flexibility index (Phi) is 5.15. The molecule has 0 amide bonds. The number of aromatic nitrogens is 1. The highest BCUT2D eigenvalue weighted by Gasteiger charge is 2.02. The minimum absolute atomic E-state index is 0.529. The summed E-state index contributed by atoms with van der Waals surface area (Å²) >= 11 is 1.71. The van der Waals surface area contributed by atoms with E-state index in [2.05, 4.69) is 27.4 Å². The molecule has 1 heterocycles. The lowest BCUT2D eigenvalue weighted by atomic mass is 10.2. The third-order valence-electron chi connectivity index (χ3n) is 2.71. The number of hydrogen-bond donors (Lipinski definition) is 1. The molecule has 0 radical (unpaired) electrons. The number of benzene rings is 1. The van der Waals surface area contributed by atoms with Gasteiger partial charge in [-0.25, -0.2) is 0 Å². The highest BCUT2D eigenvalue weighted by Crippen LogP contribution is 2.15. The van der Waals surface area contributed by atoms with Crippen LogP contribution in [0, 0.1) is 11.5 Å². The number of thioether (sulfide) groups is 1. The Morgan fingerprint density at radius 3 is 2.55 bits per heavy atom. The molecule has 1 aromatic carbocycles. The van der Waals surface area contributed by atoms with E-state index in [1.807, 2.05) is 36.7 Å². The Morgan fingerprint density at radius 2 is 1.95 bits per heavy atom. The summed E-state index contributed by atoms with van der Waals surface area (Å²) in [4.78, 5) is 9.64. The number of pyridine rings is 1. The molecule has 0 saturated carbocycles. The smallest absolute Gasteiger partial charge is 0.182 e. The summed E-state index contributed by atoms with van der Waals surface area (Å²) in [6, 6.07) is 11.9. The molecule has 4 nitrogen and oxygen atoms in total. The number of aliphatic imine (C=N–C) groups is 1. The second-order valence-corrected chi connectivity index (χ2v) is 4.87. The quantitative estimate of drug-likeness (QED) is 0.308. The Balaban J connectivity index is 2.15. The first-order chi connectivity index (χ1) is 9.83. The molecular weight excluding hydrogens is 268 g/mol. The van der Waals surface area contributed by atoms with Crippen molar-refractivity contribution in [1.29, 1.82) is 5.26 Å². The van der Waals surface area contributed by atoms with Gasteiger partial charge in [0.25, 0.3) is 0 Å². The van der Waals surface area contributed by atoms with Gasteiger partial charge < -0.3 is 0 Å². The minimum atomic E-state index is 0.529. The van der Waals surface area contributed by atoms with Crippen LogP contribution in [-0.4, -0.2) is 17.1 Å². The summed E-state index contributed by atoms with van der Waals surface area (Å²) in [7, 11) is 0. The van der Waals surface area contributed by atoms with E-state index in [9.17, 15) is 0 Å². The summed E-state index contributed by atoms with van der Waals surface area (Å²) < 4.78 is 0. The molecule has 0 aliphatic carbocycles. The fraction of sp³-hybridized carbons (Fsp3) is 0.133. The molecular formula is C15H14N4S. The molecule has 0 atom stereocenters. The summed E-state index contributed by atoms with van der Waals surface area (Å²) in [5, 5.41) is 11.4. The van der Waals surface area contributed by atoms with E-state index in [1.165, 1.54) is 4.90 Å². The normalized spacial score (nSPS) is 10.9. The Hall–Kier alpha value is -2.32. The van der Waals surface area contributed by atoms with E-state index in [0.717, 1.165) is 11.1 Å². The summed E-state index contributed by atoms with van der Waals surface area (Å²) in [6.07, 6.45) is 7.32. The van der Waals surface area contributed by atoms with Crippen LogP contribution in [0.4, 0.5) is 0 Å². The molecule has 5 heteroatoms. The summed E-state index contributed by atoms with van der Waals surface area (Å²) in [5.41, 5.74) is 1.95. The molecule has 0 fully saturated rings. The number of nitrogens with zero attached hydrogens (tertiary/aromatic N) is 3. The van der Waals surface area contributed by atoms with Crippen molar-refractivity contribution in [1.82, 2.24) is 10.3 Å². The number of hydrogen-bond acceptors (Lipinski definition) is 4. The van der Waals surface area contributed by atoms with Gasteiger partial charge in [-0.15, -0.1) is 11.8 Å². The largest absolute Gasteiger partial charge is 0.277 e. The van der Waals surface area contributed by atoms with E-state index >= 15 is 0 Å². The second kappa shape index (κ2) is 7.31. The molecule has 0 unspecified atom stereocenters. The van der Waals surface area contributed by atoms with Gasteiger partial charge in [-0.1, -0.05) is 12.1 Å². The lowest BCUT2D eigenvalue weighted by Crippen LogP contribution is -2.19. The van der Waals surface area contributed by atoms with Crippen LogP contribution in [-0.2, 0) is 6.54 Å². The van der Waals surface area contributed by atoms with Gasteiger partial charge in [-0.05, 0) is 36.1 Å². The third kappa shape index (κ3) is 3.84. The highest BCUT2D eigenvalue weighted by molar-refractivity contribution is 7.98. The third-order valence-corrected chi connectivity index (χ3v) is 3.45. The fourth-order valence-corrected chi connectivity index (χ4v) is 2.08. The fourth-order valence-electron chi connectivity index (χ4n) is 1.67. The average Bonchev–Trinajstić information content (AvgIpc) is 2.53. The van der Waals surface area contributed by atoms with E-state index < -0.39 is 0 Å². The van der Waals surface area contributed by atoms with Crippen molar-refractivity contribution in [2.45, 2.75) is 11.4 Å². The average molecular weight is 282 g/mol. The van der Waals surface area contributed by atoms with Crippen LogP contribution in [0.5, 0.6) is 0 Å². The van der Waals surface area contributed by atoms with Gasteiger partial charge in [0, 0.05) is 22.9 Å². The van der Waals surface area contributed by atoms with Crippen LogP contribution in [0.25, 0.3) is 0 Å². The first-order valence-corrected chi connectivity index (χ1v) is 7.29. The first-order valence-electron chi connectivity index (χ1n) is 6.06. The number of amidine groups is 1. The standard InChI is InChI=1S/C15H14N4S/c1-20-14-4-2-12(3-5-14)10-18-15(19-11-16)13-6-8-17-9-7-13/h2-9H,10H2,1H3,(H,18,19). The molecule has 0 aliphatic heterocycles. The SMILES string of the molecule is CSc1ccc(C/N=C(\NC#N)c2ccncc2)cc1. The van der Waals surface area contributed by atoms with Crippen molar-refractivity contribution in [3.63, 3.8) is 0 Å². The van der Waals surface area contributed by atoms with Gasteiger partial charge in [0.05, 0.1) is 6.54 Å². The van der Waals surface area contributed by atoms with Crippen LogP contribution in [0.2, 0.25) is 0 Å². The molecule has 0 bridgehead atoms. The molecule has 0 spiro atoms. The van der Waals surface area contributed by atoms with Crippen molar-refractivity contribution < 1.29 is 0 Å². The van der Waals surface area contributed by atoms with Gasteiger partial charge in [-0.3, -0.25) is 15.3 Å². The maximum absolute atomic E-state index is 8.80. The molecule has 100 valence electrons. The zero-order valence-electron chi connectivity index (χ0n) is 11.1. The summed E-state index contributed by atoms with van der Waals surface area (Å²) in [6.45, 7) is 0.529. The molecule has 1 aromatic heterocycles. The van der Waals surface area contributed by atoms with E-state index in [0.29, 0.717) is 12.4 Å². The molecule has 1 N–H and O–H groups in total. The Morgan fingerprint density at radius 1 is 1.25 bits per heavy atom. The maximum atomic E-state index is 8.80. The lowest BCUT2D eigenvalue weighted by Gasteiger charge is -2.04. The lowest BCUT2D eigenvalue weighted by molar-refractivity contribution is 1.04. The zero-order valence-corrected chi connectivity index (χ0v) is 11.9. The van der Waals surface area contributed by atoms with Gasteiger partial charge in [0.2, 0.25) is 0 Å². The van der Waals surface area contributed by atoms with Crippen molar-refractivity contribution in [3.05, 3.63) is 59.9 Å². The highest BCUT2D eigenvalue weighted by atomic mass is 32.2. The monoisotopic (exact) mass is 282 g/mol. The van der Waals surface area contributed by atoms with E-state index in [1.54, 1.807) is 24.2 Å². The van der Waals surface area contributed by atoms with Crippen molar-refractivity contribution in [3.8, 4) is 6.19 Å². The van der Waals surface area contributed by atoms with E-state index in [4.69, 9.17) is 5.26 Å². The number of nitriles is 1. The van der Waals surface area contributed by atoms with Crippen LogP contribution in [0.15, 0.2) is 58.7 Å². The number of nitrogens with one attached hydrogen (secondary N) is 1. The minimum Gasteiger partial charge on any atom is -0.277 e. The van der Waals surface area contributed by atoms with Gasteiger partial charge in [0.1, 0.15) is 5.84 Å². The van der Waals surface area contributed by atoms with Gasteiger partial charge in [0.15, 0.2) is 6.19 Å². The predicted octanol–water partition coefficient (Wildman–Crippen LogP) is 2.82. The first kappa shape index (κ1) is 14.1. The maximum Gasteiger partial charge on any atom is 0.182 e. The van der Waals surface area contributed by atoms with Crippen LogP contribution < -0.4 is 5.32 Å². The topological polar surface area (TPSA) is 61.1 Å². The molecule has 0 saturated heterocycles. The van der Waals surface area contributed by atoms with Crippen molar-refractivity contribution >= 4 is 17.6 Å². The van der Waals surface area contributed by atoms with Crippen LogP contribution in [0.1, 0.15) is 11.1 Å². The van der Waals surface area contributed by atoms with Crippen molar-refractivity contribution in [2.24, 2.45) is 4.99 Å². The Bertz CT molecular complexity index is 615. The molecule has 2 aromatic rings. The zero-order chi connectivity index (χ0) is 14.2. The van der Waals surface area contributed by atoms with Crippen LogP contribution >= 0.6 is 11.8 Å². The molecule has 20 heavy (non-hydrogen) atoms. The molecule has 0 aliphatic rings. The second-order valence-electron chi connectivity index (χ2n) is 3.99. The number of rotatable bonds is 4. The Labute approximate surface area is 122 Å². The van der Waals surface area contributed by atoms with Crippen molar-refractivity contribution in [2.75, 3.05) is 6.26 Å². The summed E-state index contributed by atoms with van der Waals surface area (Å²) in [5.74, 6) is 0.559. The predicted molar refractivity (Wildman–Crippen MR) is 81.4 cm³/mol. The van der Waals surface area contributed by atoms with E-state index in [-0.39, 0.29) is 0 Å². The van der Waals surface area contributed by atoms with Gasteiger partial charge >= 0.3 is 0 Å². The molecule has 2 rings (SSSR count). The van der Waals surface area contributed by atoms with Crippen LogP contribution in [0.3, 0.4) is 0 Å². The van der Waals surface area contributed by atoms with Gasteiger partial charge in [-0.2, -0.15) is 5.26 Å².